The zero-order valence-corrected chi connectivity index (χ0v) is 11.6. The molecule has 1 aromatic carbocycles. The van der Waals surface area contributed by atoms with Gasteiger partial charge in [-0.1, -0.05) is 6.07 Å². The number of nitrogens with one attached hydrogen (secondary N) is 1. The Kier molecular flexibility index (Phi) is 3.65. The number of hydrogen-bond donors (Lipinski definition) is 3. The Morgan fingerprint density at radius 1 is 1.35 bits per heavy atom. The second-order valence-electron chi connectivity index (χ2n) is 4.77. The monoisotopic (exact) mass is 275 g/mol. The molecule has 0 saturated carbocycles. The van der Waals surface area contributed by atoms with E-state index in [1.54, 1.807) is 37.1 Å². The molecule has 2 aromatic rings. The van der Waals surface area contributed by atoms with Gasteiger partial charge in [-0.25, -0.2) is 0 Å². The minimum atomic E-state index is -0.450. The third kappa shape index (κ3) is 2.59. The summed E-state index contributed by atoms with van der Waals surface area (Å²) in [5.74, 6) is -1.12. The number of aromatic nitrogens is 2. The predicted molar refractivity (Wildman–Crippen MR) is 73.6 cm³/mol. The van der Waals surface area contributed by atoms with Crippen LogP contribution in [-0.2, 0) is 7.05 Å². The Hall–Kier alpha value is -2.50. The first kappa shape index (κ1) is 13.9. The summed E-state index contributed by atoms with van der Waals surface area (Å²) in [7, 11) is 1.79. The average Bonchev–Trinajstić information content (AvgIpc) is 2.82. The summed E-state index contributed by atoms with van der Waals surface area (Å²) in [5.41, 5.74) is 1.42. The Balaban J connectivity index is 2.18. The molecule has 0 aliphatic carbocycles. The molecule has 2 rings (SSSR count). The van der Waals surface area contributed by atoms with E-state index in [4.69, 9.17) is 0 Å². The van der Waals surface area contributed by atoms with Crippen LogP contribution in [0.3, 0.4) is 0 Å². The van der Waals surface area contributed by atoms with Crippen molar-refractivity contribution >= 4 is 5.91 Å². The van der Waals surface area contributed by atoms with Crippen molar-refractivity contribution in [2.24, 2.45) is 7.05 Å². The summed E-state index contributed by atoms with van der Waals surface area (Å²) in [4.78, 5) is 12.1. The van der Waals surface area contributed by atoms with Crippen molar-refractivity contribution in [3.63, 3.8) is 0 Å². The Morgan fingerprint density at radius 3 is 2.65 bits per heavy atom. The summed E-state index contributed by atoms with van der Waals surface area (Å²) >= 11 is 0. The third-order valence-corrected chi connectivity index (χ3v) is 3.17. The van der Waals surface area contributed by atoms with Gasteiger partial charge in [-0.2, -0.15) is 5.10 Å². The minimum absolute atomic E-state index is 0.0452. The fraction of sp³-hybridized carbons (Fsp3) is 0.286. The highest BCUT2D eigenvalue weighted by Gasteiger charge is 2.18. The number of carbonyl (C=O) groups is 1. The molecule has 3 N–H and O–H groups in total. The number of phenolic OH excluding ortho intramolecular Hbond substituents is 2. The lowest BCUT2D eigenvalue weighted by Crippen LogP contribution is -2.26. The molecule has 0 aliphatic rings. The highest BCUT2D eigenvalue weighted by Crippen LogP contribution is 2.32. The number of hydrogen-bond acceptors (Lipinski definition) is 4. The maximum absolute atomic E-state index is 12.1. The minimum Gasteiger partial charge on any atom is -0.504 e. The number of nitrogens with zero attached hydrogens (tertiary/aromatic N) is 2. The van der Waals surface area contributed by atoms with Gasteiger partial charge >= 0.3 is 0 Å². The average molecular weight is 275 g/mol. The lowest BCUT2D eigenvalue weighted by atomic mass is 10.1. The van der Waals surface area contributed by atoms with Gasteiger partial charge in [0.15, 0.2) is 11.5 Å². The fourth-order valence-corrected chi connectivity index (χ4v) is 1.89. The number of benzene rings is 1. The van der Waals surface area contributed by atoms with E-state index in [9.17, 15) is 15.0 Å². The fourth-order valence-electron chi connectivity index (χ4n) is 1.89. The first-order valence-corrected chi connectivity index (χ1v) is 6.21. The molecule has 1 unspecified atom stereocenters. The van der Waals surface area contributed by atoms with Crippen LogP contribution in [0.1, 0.15) is 34.5 Å². The van der Waals surface area contributed by atoms with E-state index in [1.807, 2.05) is 6.92 Å². The van der Waals surface area contributed by atoms with E-state index >= 15 is 0 Å². The Bertz CT molecular complexity index is 649. The Labute approximate surface area is 116 Å². The number of phenols is 2. The molecule has 0 saturated heterocycles. The van der Waals surface area contributed by atoms with Gasteiger partial charge in [-0.05, 0) is 25.5 Å². The smallest absolute Gasteiger partial charge is 0.255 e. The molecule has 6 heteroatoms. The molecule has 0 fully saturated rings. The van der Waals surface area contributed by atoms with E-state index in [2.05, 4.69) is 10.4 Å². The van der Waals surface area contributed by atoms with Crippen molar-refractivity contribution in [3.8, 4) is 11.5 Å². The molecule has 1 atom stereocenters. The maximum Gasteiger partial charge on any atom is 0.255 e. The molecule has 0 spiro atoms. The highest BCUT2D eigenvalue weighted by atomic mass is 16.3. The zero-order valence-electron chi connectivity index (χ0n) is 11.6. The van der Waals surface area contributed by atoms with Crippen molar-refractivity contribution in [1.29, 1.82) is 0 Å². The molecule has 0 aliphatic heterocycles. The summed E-state index contributed by atoms with van der Waals surface area (Å²) in [6.07, 6.45) is 3.47. The van der Waals surface area contributed by atoms with E-state index in [1.165, 1.54) is 6.07 Å². The number of rotatable bonds is 3. The van der Waals surface area contributed by atoms with Crippen molar-refractivity contribution in [1.82, 2.24) is 15.1 Å². The van der Waals surface area contributed by atoms with Gasteiger partial charge in [0.05, 0.1) is 17.8 Å². The van der Waals surface area contributed by atoms with Crippen molar-refractivity contribution in [3.05, 3.63) is 41.2 Å². The lowest BCUT2D eigenvalue weighted by molar-refractivity contribution is 0.0936. The van der Waals surface area contributed by atoms with Crippen LogP contribution in [0.4, 0.5) is 0 Å². The van der Waals surface area contributed by atoms with Crippen LogP contribution < -0.4 is 5.32 Å². The second-order valence-corrected chi connectivity index (χ2v) is 4.77. The number of aromatic hydroxyl groups is 2. The van der Waals surface area contributed by atoms with Crippen LogP contribution in [0.5, 0.6) is 11.5 Å². The molecular formula is C14H17N3O3. The van der Waals surface area contributed by atoms with E-state index in [0.29, 0.717) is 5.56 Å². The number of carbonyl (C=O) groups excluding carboxylic acids is 1. The first-order chi connectivity index (χ1) is 9.40. The van der Waals surface area contributed by atoms with Gasteiger partial charge < -0.3 is 15.5 Å². The summed E-state index contributed by atoms with van der Waals surface area (Å²) in [6.45, 7) is 3.47. The highest BCUT2D eigenvalue weighted by molar-refractivity contribution is 5.98. The van der Waals surface area contributed by atoms with Crippen molar-refractivity contribution < 1.29 is 15.0 Å². The molecule has 6 nitrogen and oxygen atoms in total. The SMILES string of the molecule is Cc1ccc(C(=O)NC(C)c2cnn(C)c2)c(O)c1O. The van der Waals surface area contributed by atoms with Crippen LogP contribution in [0.15, 0.2) is 24.5 Å². The molecule has 0 bridgehead atoms. The second kappa shape index (κ2) is 5.24. The predicted octanol–water partition coefficient (Wildman–Crippen LogP) is 1.63. The summed E-state index contributed by atoms with van der Waals surface area (Å²) in [6, 6.07) is 2.81. The van der Waals surface area contributed by atoms with Gasteiger partial charge in [0.2, 0.25) is 0 Å². The standard InChI is InChI=1S/C14H17N3O3/c1-8-4-5-11(13(19)12(8)18)14(20)16-9(2)10-6-15-17(3)7-10/h4-7,9,18-19H,1-3H3,(H,16,20). The van der Waals surface area contributed by atoms with Crippen LogP contribution in [-0.4, -0.2) is 25.9 Å². The normalized spacial score (nSPS) is 12.2. The van der Waals surface area contributed by atoms with Crippen LogP contribution in [0.2, 0.25) is 0 Å². The quantitative estimate of drug-likeness (QED) is 0.743. The van der Waals surface area contributed by atoms with Gasteiger partial charge in [-0.15, -0.1) is 0 Å². The molecule has 106 valence electrons. The topological polar surface area (TPSA) is 87.4 Å². The summed E-state index contributed by atoms with van der Waals surface area (Å²) in [5, 5.41) is 26.2. The van der Waals surface area contributed by atoms with Gasteiger partial charge in [0.1, 0.15) is 0 Å². The van der Waals surface area contributed by atoms with Crippen molar-refractivity contribution in [2.75, 3.05) is 0 Å². The van der Waals surface area contributed by atoms with E-state index in [-0.39, 0.29) is 17.4 Å². The summed E-state index contributed by atoms with van der Waals surface area (Å²) < 4.78 is 1.65. The maximum atomic E-state index is 12.1. The van der Waals surface area contributed by atoms with Crippen LogP contribution in [0, 0.1) is 6.92 Å². The molecule has 1 aromatic heterocycles. The third-order valence-electron chi connectivity index (χ3n) is 3.17. The van der Waals surface area contributed by atoms with Gasteiger partial charge in [0, 0.05) is 18.8 Å². The molecule has 0 radical (unpaired) electrons. The van der Waals surface area contributed by atoms with Gasteiger partial charge in [-0.3, -0.25) is 9.48 Å². The van der Waals surface area contributed by atoms with E-state index < -0.39 is 11.7 Å². The molecule has 1 heterocycles. The number of aryl methyl sites for hydroxylation is 2. The number of amides is 1. The van der Waals surface area contributed by atoms with Gasteiger partial charge in [0.25, 0.3) is 5.91 Å². The Morgan fingerprint density at radius 2 is 2.05 bits per heavy atom. The van der Waals surface area contributed by atoms with Crippen molar-refractivity contribution in [2.45, 2.75) is 19.9 Å². The van der Waals surface area contributed by atoms with Crippen LogP contribution in [0.25, 0.3) is 0 Å². The van der Waals surface area contributed by atoms with E-state index in [0.717, 1.165) is 5.56 Å². The largest absolute Gasteiger partial charge is 0.504 e. The molecule has 1 amide bonds. The lowest BCUT2D eigenvalue weighted by Gasteiger charge is -2.13. The van der Waals surface area contributed by atoms with Crippen LogP contribution >= 0.6 is 0 Å². The molecule has 20 heavy (non-hydrogen) atoms. The zero-order chi connectivity index (χ0) is 14.9. The molecular weight excluding hydrogens is 258 g/mol. The first-order valence-electron chi connectivity index (χ1n) is 6.21.